The quantitative estimate of drug-likeness (QED) is 0.127. The van der Waals surface area contributed by atoms with Crippen molar-refractivity contribution in [1.29, 1.82) is 0 Å². The van der Waals surface area contributed by atoms with E-state index < -0.39 is 29.0 Å². The molecule has 17 rings (SSSR count). The van der Waals surface area contributed by atoms with Crippen LogP contribution >= 0.6 is 0 Å². The highest BCUT2D eigenvalue weighted by molar-refractivity contribution is 7.00. The Morgan fingerprint density at radius 2 is 0.549 bits per heavy atom. The van der Waals surface area contributed by atoms with Gasteiger partial charge in [0, 0.05) is 72.3 Å². The number of hydrogen-bond acceptors (Lipinski definition) is 2. The monoisotopic (exact) mass is 1480 g/mol. The Balaban J connectivity index is 1.09. The first-order valence-corrected chi connectivity index (χ1v) is 40.8. The van der Waals surface area contributed by atoms with Gasteiger partial charge in [-0.3, -0.25) is 0 Å². The lowest BCUT2D eigenvalue weighted by atomic mass is 9.33. The second kappa shape index (κ2) is 26.9. The number of aromatic nitrogens is 2. The Morgan fingerprint density at radius 3 is 0.841 bits per heavy atom. The van der Waals surface area contributed by atoms with Gasteiger partial charge in [0.25, 0.3) is 6.71 Å². The third-order valence-electron chi connectivity index (χ3n) is 23.5. The molecule has 2 aromatic heterocycles. The predicted molar refractivity (Wildman–Crippen MR) is 491 cm³/mol. The van der Waals surface area contributed by atoms with Gasteiger partial charge in [-0.1, -0.05) is 327 Å². The van der Waals surface area contributed by atoms with Gasteiger partial charge in [0.2, 0.25) is 0 Å². The molecule has 2 aliphatic rings. The van der Waals surface area contributed by atoms with Gasteiger partial charge in [0.15, 0.2) is 0 Å². The number of anilines is 6. The van der Waals surface area contributed by atoms with Crippen LogP contribution in [0.1, 0.15) is 190 Å². The van der Waals surface area contributed by atoms with Crippen LogP contribution in [0, 0.1) is 10.8 Å². The van der Waals surface area contributed by atoms with Crippen molar-refractivity contribution in [3.8, 4) is 55.9 Å². The molecule has 0 saturated carbocycles. The average molecular weight is 1480 g/mol. The molecule has 4 heterocycles. The molecule has 0 fully saturated rings. The topological polar surface area (TPSA) is 16.3 Å². The maximum Gasteiger partial charge on any atom is 0.252 e. The van der Waals surface area contributed by atoms with Gasteiger partial charge in [-0.2, -0.15) is 0 Å². The molecule has 13 aromatic carbocycles. The molecule has 0 bridgehead atoms. The molecule has 0 saturated heterocycles. The second-order valence-electron chi connectivity index (χ2n) is 39.4. The molecule has 4 nitrogen and oxygen atoms in total. The zero-order chi connectivity index (χ0) is 83.1. The van der Waals surface area contributed by atoms with Gasteiger partial charge in [-0.25, -0.2) is 0 Å². The second-order valence-corrected chi connectivity index (χ2v) is 39.4. The van der Waals surface area contributed by atoms with Crippen molar-refractivity contribution >= 4 is 101 Å². The molecule has 0 amide bonds. The molecule has 113 heavy (non-hydrogen) atoms. The lowest BCUT2D eigenvalue weighted by Gasteiger charge is -2.46. The van der Waals surface area contributed by atoms with Crippen molar-refractivity contribution in [2.24, 2.45) is 10.8 Å². The van der Waals surface area contributed by atoms with Gasteiger partial charge >= 0.3 is 0 Å². The van der Waals surface area contributed by atoms with E-state index in [2.05, 4.69) is 390 Å². The van der Waals surface area contributed by atoms with E-state index in [-0.39, 0.29) is 28.4 Å². The fourth-order valence-corrected chi connectivity index (χ4v) is 17.7. The number of rotatable bonds is 10. The Morgan fingerprint density at radius 1 is 0.257 bits per heavy atom. The maximum absolute atomic E-state index is 10.7. The summed E-state index contributed by atoms with van der Waals surface area (Å²) in [5.41, 5.74) is 27.1. The van der Waals surface area contributed by atoms with Crippen LogP contribution in [0.25, 0.3) is 99.5 Å². The molecular weight excluding hydrogens is 1360 g/mol. The van der Waals surface area contributed by atoms with E-state index >= 15 is 0 Å². The van der Waals surface area contributed by atoms with Crippen molar-refractivity contribution in [3.05, 3.63) is 306 Å². The molecular formula is C108H111BN4. The van der Waals surface area contributed by atoms with E-state index in [1.807, 2.05) is 41.5 Å². The number of benzene rings is 13. The van der Waals surface area contributed by atoms with Gasteiger partial charge in [-0.15, -0.1) is 0 Å². The zero-order valence-electron chi connectivity index (χ0n) is 74.3. The van der Waals surface area contributed by atoms with Crippen LogP contribution in [-0.2, 0) is 39.8 Å². The summed E-state index contributed by atoms with van der Waals surface area (Å²) in [5.74, 6) is 0. The summed E-state index contributed by atoms with van der Waals surface area (Å²) in [6.07, 6.45) is -3.70. The highest BCUT2D eigenvalue weighted by Gasteiger charge is 2.46. The Bertz CT molecular complexity index is 6040. The third-order valence-corrected chi connectivity index (χ3v) is 23.5. The zero-order valence-corrected chi connectivity index (χ0v) is 70.3. The number of fused-ring (bicyclic) bond motifs is 10. The van der Waals surface area contributed by atoms with Crippen LogP contribution in [0.4, 0.5) is 34.1 Å². The summed E-state index contributed by atoms with van der Waals surface area (Å²) in [5, 5.41) is 4.71. The molecule has 0 unspecified atom stereocenters. The van der Waals surface area contributed by atoms with Crippen LogP contribution in [0.3, 0.4) is 0 Å². The fraction of sp³-hybridized carbons (Fsp3) is 0.278. The Labute approximate surface area is 678 Å². The van der Waals surface area contributed by atoms with Crippen LogP contribution < -0.4 is 26.2 Å². The number of para-hydroxylation sites is 4. The molecule has 15 aromatic rings. The van der Waals surface area contributed by atoms with Crippen molar-refractivity contribution in [1.82, 2.24) is 9.13 Å². The largest absolute Gasteiger partial charge is 0.311 e. The van der Waals surface area contributed by atoms with E-state index in [9.17, 15) is 5.48 Å². The van der Waals surface area contributed by atoms with Crippen molar-refractivity contribution in [2.75, 3.05) is 9.80 Å². The van der Waals surface area contributed by atoms with E-state index in [1.54, 1.807) is 0 Å². The number of hydrogen-bond donors (Lipinski definition) is 0. The van der Waals surface area contributed by atoms with E-state index in [0.29, 0.717) is 11.1 Å². The van der Waals surface area contributed by atoms with Crippen molar-refractivity contribution in [2.45, 2.75) is 185 Å². The molecule has 566 valence electrons. The Kier molecular flexibility index (Phi) is 16.7. The van der Waals surface area contributed by atoms with Crippen LogP contribution in [-0.4, -0.2) is 15.8 Å². The predicted octanol–water partition coefficient (Wildman–Crippen LogP) is 28.3. The van der Waals surface area contributed by atoms with E-state index in [1.165, 1.54) is 32.7 Å². The summed E-state index contributed by atoms with van der Waals surface area (Å²) >= 11 is 0. The highest BCUT2D eigenvalue weighted by atomic mass is 15.2. The van der Waals surface area contributed by atoms with Gasteiger partial charge in [0.1, 0.15) is 0 Å². The highest BCUT2D eigenvalue weighted by Crippen LogP contribution is 2.54. The minimum absolute atomic E-state index is 0.219. The van der Waals surface area contributed by atoms with Crippen molar-refractivity contribution < 1.29 is 5.48 Å². The first-order chi connectivity index (χ1) is 55.0. The molecule has 0 spiro atoms. The maximum atomic E-state index is 10.7. The van der Waals surface area contributed by atoms with E-state index in [4.69, 9.17) is 0 Å². The lowest BCUT2D eigenvalue weighted by Crippen LogP contribution is -2.61. The molecule has 0 N–H and O–H groups in total. The van der Waals surface area contributed by atoms with E-state index in [0.717, 1.165) is 145 Å². The van der Waals surface area contributed by atoms with Gasteiger partial charge < -0.3 is 18.9 Å². The average Bonchev–Trinajstić information content (AvgIpc) is 1.40. The first-order valence-electron chi connectivity index (χ1n) is 42.8. The van der Waals surface area contributed by atoms with Crippen LogP contribution in [0.15, 0.2) is 267 Å². The summed E-state index contributed by atoms with van der Waals surface area (Å²) in [6, 6.07) is 100.0. The summed E-state index contributed by atoms with van der Waals surface area (Å²) < 4.78 is 47.7. The summed E-state index contributed by atoms with van der Waals surface area (Å²) in [4.78, 5) is 5.22. The van der Waals surface area contributed by atoms with Crippen LogP contribution in [0.5, 0.6) is 0 Å². The number of nitrogens with zero attached hydrogens (tertiary/aromatic N) is 4. The molecule has 0 atom stereocenters. The van der Waals surface area contributed by atoms with Crippen molar-refractivity contribution in [3.63, 3.8) is 0 Å². The standard InChI is InChI=1S/C108H111BN4/c1-102(2,3)66-72-58-87(70-36-32-40-76(56-70)106(13,14)15)95(64-85(72)68-34-30-38-74(54-68)104(7,8)9)112-97-62-79(110-91-46-26-22-42-81(91)82-43-23-27-47-92(82)110)50-52-89(97)109-90-53-51-80(111-93-48-28-24-44-83(93)84-45-25-29-49-94(84)111)63-98(90)113(100-61-78(108(19,20)21)60-99(112)101(100)109)96-65-86(69-35-31-39-75(55-69)105(10,11)12)73(67-103(4,5)6)59-88(96)71-37-33-41-77(57-71)107(16,17)18/h22-65H,66-67H2,1-21H3/i66D2,67D2. The fourth-order valence-electron chi connectivity index (χ4n) is 17.7. The smallest absolute Gasteiger partial charge is 0.252 e. The minimum Gasteiger partial charge on any atom is -0.311 e. The first kappa shape index (κ1) is 70.0. The Hall–Kier alpha value is -10.9. The third kappa shape index (κ3) is 13.5. The summed E-state index contributed by atoms with van der Waals surface area (Å²) in [7, 11) is 0. The SMILES string of the molecule is [2H]C([2H])(c1cc(-c2cccc(C(C)(C)C)c2)c(N2c3cc(-n4c5ccccc5c5ccccc54)ccc3B3c4ccc(-n5c6ccccc6c6ccccc65)cc4N(c4cc(-c5cccc(C(C)(C)C)c5)c(C([2H])([2H])C(C)(C)C)cc4-c4cccc(C(C)(C)C)c4)c4cc(C(C)(C)C)cc2c43)cc1-c1cccc(C(C)(C)C)c1)C(C)(C)C. The lowest BCUT2D eigenvalue weighted by molar-refractivity contribution is 0.411. The molecule has 2 aliphatic heterocycles. The normalized spacial score (nSPS) is 14.3. The minimum atomic E-state index is -1.85. The molecule has 5 heteroatoms. The molecule has 0 radical (unpaired) electrons. The molecule has 0 aliphatic carbocycles. The summed E-state index contributed by atoms with van der Waals surface area (Å²) in [6.45, 7) is 46.2. The van der Waals surface area contributed by atoms with Gasteiger partial charge in [-0.05, 0) is 224 Å². The van der Waals surface area contributed by atoms with Crippen LogP contribution in [0.2, 0.25) is 0 Å². The van der Waals surface area contributed by atoms with Gasteiger partial charge in [0.05, 0.1) is 33.4 Å².